The number of allylic oxidation sites excluding steroid dienone is 2. The number of aromatic hydroxyl groups is 1. The molecule has 12 nitrogen and oxygen atoms in total. The molecule has 4 fully saturated rings. The number of methoxy groups -OCH3 is 2. The van der Waals surface area contributed by atoms with Crippen LogP contribution in [-0.2, 0) is 29.3 Å². The van der Waals surface area contributed by atoms with E-state index in [0.29, 0.717) is 52.1 Å². The van der Waals surface area contributed by atoms with E-state index < -0.39 is 46.8 Å². The lowest BCUT2D eigenvalue weighted by Crippen LogP contribution is -2.53. The molecule has 3 aliphatic heterocycles. The third-order valence-electron chi connectivity index (χ3n) is 12.6. The number of nitrogens with one attached hydrogen (secondary N) is 1. The lowest BCUT2D eigenvalue weighted by molar-refractivity contribution is -0.138. The number of ether oxygens (including phenoxy) is 3. The summed E-state index contributed by atoms with van der Waals surface area (Å²) in [5.41, 5.74) is 4.60. The average Bonchev–Trinajstić information content (AvgIpc) is 3.63. The zero-order valence-electron chi connectivity index (χ0n) is 31.7. The number of imide groups is 2. The van der Waals surface area contributed by atoms with Crippen molar-refractivity contribution in [1.29, 1.82) is 0 Å². The number of phenolic OH excluding ortho intramolecular Hbond substituents is 1. The Bertz CT molecular complexity index is 2370. The number of rotatable bonds is 8. The van der Waals surface area contributed by atoms with Crippen molar-refractivity contribution >= 4 is 63.9 Å². The summed E-state index contributed by atoms with van der Waals surface area (Å²) in [7, 11) is 3.04. The van der Waals surface area contributed by atoms with Crippen molar-refractivity contribution in [2.75, 3.05) is 55.7 Å². The third-order valence-corrected chi connectivity index (χ3v) is 13.2. The van der Waals surface area contributed by atoms with Gasteiger partial charge >= 0.3 is 0 Å². The number of morpholine rings is 1. The first-order valence-electron chi connectivity index (χ1n) is 19.2. The number of anilines is 3. The average molecular weight is 824 g/mol. The molecule has 2 N–H and O–H groups in total. The Morgan fingerprint density at radius 3 is 2.17 bits per heavy atom. The lowest BCUT2D eigenvalue weighted by Gasteiger charge is -2.50. The second kappa shape index (κ2) is 14.7. The van der Waals surface area contributed by atoms with Gasteiger partial charge in [-0.3, -0.25) is 29.5 Å². The first-order valence-corrected chi connectivity index (χ1v) is 19.9. The molecular formula is C44H40Cl2N4O8. The van der Waals surface area contributed by atoms with Gasteiger partial charge in [0.15, 0.2) is 0 Å². The Kier molecular flexibility index (Phi) is 9.61. The maximum atomic E-state index is 15.5. The van der Waals surface area contributed by atoms with Crippen LogP contribution in [0, 0.1) is 23.7 Å². The van der Waals surface area contributed by atoms with Crippen molar-refractivity contribution < 1.29 is 38.5 Å². The zero-order valence-corrected chi connectivity index (χ0v) is 33.2. The van der Waals surface area contributed by atoms with Gasteiger partial charge in [-0.2, -0.15) is 5.01 Å². The van der Waals surface area contributed by atoms with E-state index in [4.69, 9.17) is 37.4 Å². The van der Waals surface area contributed by atoms with Crippen LogP contribution >= 0.6 is 23.2 Å². The van der Waals surface area contributed by atoms with E-state index in [0.717, 1.165) is 23.8 Å². The predicted molar refractivity (Wildman–Crippen MR) is 217 cm³/mol. The van der Waals surface area contributed by atoms with Crippen LogP contribution in [-0.4, -0.2) is 74.3 Å². The number of amides is 4. The normalized spacial score (nSPS) is 26.6. The molecule has 3 heterocycles. The molecule has 298 valence electrons. The summed E-state index contributed by atoms with van der Waals surface area (Å²) in [4.78, 5) is 63.2. The summed E-state index contributed by atoms with van der Waals surface area (Å²) in [5, 5.41) is 13.3. The molecule has 9 rings (SSSR count). The number of fused-ring (bicyclic) bond motifs is 4. The van der Waals surface area contributed by atoms with Gasteiger partial charge in [-0.1, -0.05) is 47.0 Å². The molecule has 0 spiro atoms. The number of phenols is 1. The molecule has 14 heteroatoms. The fourth-order valence-electron chi connectivity index (χ4n) is 9.97. The van der Waals surface area contributed by atoms with E-state index in [1.807, 2.05) is 18.2 Å². The van der Waals surface area contributed by atoms with E-state index in [-0.39, 0.29) is 41.1 Å². The first-order chi connectivity index (χ1) is 28.1. The highest BCUT2D eigenvalue weighted by molar-refractivity contribution is 6.36. The highest BCUT2D eigenvalue weighted by Gasteiger charge is 2.70. The summed E-state index contributed by atoms with van der Waals surface area (Å²) in [6.45, 7) is 2.73. The van der Waals surface area contributed by atoms with Crippen LogP contribution in [0.25, 0.3) is 0 Å². The number of carbonyl (C=O) groups excluding carboxylic acids is 4. The number of carbonyl (C=O) groups is 4. The van der Waals surface area contributed by atoms with Crippen LogP contribution in [0.1, 0.15) is 29.9 Å². The van der Waals surface area contributed by atoms with Crippen molar-refractivity contribution in [3.8, 4) is 17.2 Å². The molecule has 4 aromatic carbocycles. The van der Waals surface area contributed by atoms with E-state index in [2.05, 4.69) is 10.3 Å². The number of hydrogen-bond donors (Lipinski definition) is 2. The van der Waals surface area contributed by atoms with Gasteiger partial charge < -0.3 is 24.2 Å². The Hall–Kier alpha value is -5.56. The largest absolute Gasteiger partial charge is 0.508 e. The summed E-state index contributed by atoms with van der Waals surface area (Å²) in [6, 6.07) is 23.9. The van der Waals surface area contributed by atoms with Crippen molar-refractivity contribution in [2.24, 2.45) is 23.7 Å². The quantitative estimate of drug-likeness (QED) is 0.145. The number of hydrazine groups is 1. The van der Waals surface area contributed by atoms with Crippen molar-refractivity contribution in [1.82, 2.24) is 5.01 Å². The monoisotopic (exact) mass is 822 g/mol. The smallest absolute Gasteiger partial charge is 0.260 e. The molecule has 1 saturated carbocycles. The molecule has 4 aromatic rings. The lowest BCUT2D eigenvalue weighted by atomic mass is 9.49. The van der Waals surface area contributed by atoms with Gasteiger partial charge in [0.05, 0.1) is 67.0 Å². The second-order valence-corrected chi connectivity index (χ2v) is 16.1. The molecule has 0 unspecified atom stereocenters. The molecule has 6 atom stereocenters. The van der Waals surface area contributed by atoms with Gasteiger partial charge in [-0.15, -0.1) is 0 Å². The number of hydrogen-bond acceptors (Lipinski definition) is 10. The van der Waals surface area contributed by atoms with Crippen LogP contribution in [0.2, 0.25) is 10.0 Å². The maximum Gasteiger partial charge on any atom is 0.260 e. The van der Waals surface area contributed by atoms with Crippen molar-refractivity contribution in [2.45, 2.75) is 24.2 Å². The topological polar surface area (TPSA) is 138 Å². The Balaban J connectivity index is 1.19. The van der Waals surface area contributed by atoms with Gasteiger partial charge in [0.25, 0.3) is 11.8 Å². The van der Waals surface area contributed by atoms with Gasteiger partial charge in [0.1, 0.15) is 17.2 Å². The minimum absolute atomic E-state index is 0.0696. The molecule has 0 aromatic heterocycles. The van der Waals surface area contributed by atoms with Gasteiger partial charge in [-0.25, -0.2) is 0 Å². The van der Waals surface area contributed by atoms with Gasteiger partial charge in [0, 0.05) is 35.3 Å². The van der Waals surface area contributed by atoms with E-state index in [1.54, 1.807) is 60.7 Å². The molecule has 2 aliphatic carbocycles. The number of halogens is 2. The minimum Gasteiger partial charge on any atom is -0.508 e. The summed E-state index contributed by atoms with van der Waals surface area (Å²) < 4.78 is 16.6. The summed E-state index contributed by atoms with van der Waals surface area (Å²) in [5.74, 6) is -5.17. The van der Waals surface area contributed by atoms with Crippen molar-refractivity contribution in [3.63, 3.8) is 0 Å². The summed E-state index contributed by atoms with van der Waals surface area (Å²) in [6.07, 6.45) is 2.23. The fourth-order valence-corrected chi connectivity index (χ4v) is 10.4. The van der Waals surface area contributed by atoms with Crippen molar-refractivity contribution in [3.05, 3.63) is 118 Å². The van der Waals surface area contributed by atoms with Crippen LogP contribution in [0.5, 0.6) is 17.2 Å². The molecule has 58 heavy (non-hydrogen) atoms. The molecule has 4 amide bonds. The molecular weight excluding hydrogens is 783 g/mol. The van der Waals surface area contributed by atoms with Crippen LogP contribution < -0.4 is 24.7 Å². The molecule has 0 radical (unpaired) electrons. The van der Waals surface area contributed by atoms with Crippen LogP contribution in [0.15, 0.2) is 96.6 Å². The third kappa shape index (κ3) is 5.83. The van der Waals surface area contributed by atoms with E-state index >= 15 is 9.59 Å². The first kappa shape index (κ1) is 38.0. The number of benzene rings is 4. The fraction of sp³-hybridized carbons (Fsp3) is 0.318. The predicted octanol–water partition coefficient (Wildman–Crippen LogP) is 6.74. The molecule has 5 aliphatic rings. The maximum absolute atomic E-state index is 15.5. The SMILES string of the molecule is COc1ccc([C@@]23C(=O)N(Nc4ccc(Cl)cc4Cl)C(=O)[C@@H]2C[C@@H]2C(=CC[C@@H]4C(=O)N(c5ccc(N6CCOCC6)cc5)C(=O)[C@@H]42)[C@@H]3c2cc(OC)ccc2O)cc1. The highest BCUT2D eigenvalue weighted by atomic mass is 35.5. The van der Waals surface area contributed by atoms with E-state index in [9.17, 15) is 14.7 Å². The van der Waals surface area contributed by atoms with E-state index in [1.165, 1.54) is 31.3 Å². The Morgan fingerprint density at radius 1 is 0.793 bits per heavy atom. The summed E-state index contributed by atoms with van der Waals surface area (Å²) >= 11 is 12.8. The number of nitrogens with zero attached hydrogens (tertiary/aromatic N) is 3. The highest BCUT2D eigenvalue weighted by Crippen LogP contribution is 2.65. The molecule has 3 saturated heterocycles. The minimum atomic E-state index is -1.64. The van der Waals surface area contributed by atoms with Gasteiger partial charge in [0.2, 0.25) is 11.8 Å². The zero-order chi connectivity index (χ0) is 40.5. The standard InChI is InChI=1S/C44H40Cl2N4O8/c1-56-28-10-3-24(4-11-28)44-34(41(53)50(43(44)55)47-36-15-5-25(45)21-35(36)46)23-32-30(39(44)33-22-29(57-2)12-16-37(33)51)13-14-31-38(32)42(54)49(40(31)52)27-8-6-26(7-9-27)48-17-19-58-20-18-48/h3-13,15-16,21-22,31-32,34,38-39,47,51H,14,17-20,23H2,1-2H3/t31-,32+,34-,38-,39+,44+/m0/s1. The van der Waals surface area contributed by atoms with Crippen LogP contribution in [0.4, 0.5) is 17.1 Å². The van der Waals surface area contributed by atoms with Gasteiger partial charge in [-0.05, 0) is 97.1 Å². The molecule has 0 bridgehead atoms. The Morgan fingerprint density at radius 2 is 1.48 bits per heavy atom. The Labute approximate surface area is 344 Å². The van der Waals surface area contributed by atoms with Crippen LogP contribution in [0.3, 0.4) is 0 Å². The second-order valence-electron chi connectivity index (χ2n) is 15.3.